The van der Waals surface area contributed by atoms with Crippen molar-refractivity contribution in [2.75, 3.05) is 12.5 Å². The highest BCUT2D eigenvalue weighted by atomic mass is 35.5. The zero-order valence-electron chi connectivity index (χ0n) is 7.05. The fraction of sp³-hybridized carbons (Fsp3) is 1.00. The topological polar surface area (TPSA) is 18.5 Å². The highest BCUT2D eigenvalue weighted by Gasteiger charge is 2.25. The van der Waals surface area contributed by atoms with E-state index in [4.69, 9.17) is 21.1 Å². The molecule has 1 saturated heterocycles. The van der Waals surface area contributed by atoms with Crippen molar-refractivity contribution in [3.63, 3.8) is 0 Å². The van der Waals surface area contributed by atoms with E-state index in [-0.39, 0.29) is 12.4 Å². The van der Waals surface area contributed by atoms with Gasteiger partial charge in [0, 0.05) is 6.42 Å². The van der Waals surface area contributed by atoms with Gasteiger partial charge >= 0.3 is 0 Å². The third-order valence-electron chi connectivity index (χ3n) is 1.65. The Balaban J connectivity index is 2.19. The van der Waals surface area contributed by atoms with Crippen LogP contribution >= 0.6 is 11.6 Å². The summed E-state index contributed by atoms with van der Waals surface area (Å²) in [5.41, 5.74) is 0. The summed E-state index contributed by atoms with van der Waals surface area (Å²) in [6.07, 6.45) is 1.06. The zero-order valence-corrected chi connectivity index (χ0v) is 7.80. The van der Waals surface area contributed by atoms with Crippen molar-refractivity contribution in [2.45, 2.75) is 32.7 Å². The quantitative estimate of drug-likeness (QED) is 0.616. The molecule has 2 unspecified atom stereocenters. The second kappa shape index (κ2) is 4.29. The highest BCUT2D eigenvalue weighted by Crippen LogP contribution is 2.18. The molecular formula is C8H15ClO2. The molecule has 0 aromatic rings. The Kier molecular flexibility index (Phi) is 3.63. The van der Waals surface area contributed by atoms with E-state index in [2.05, 4.69) is 13.8 Å². The smallest absolute Gasteiger partial charge is 0.158 e. The third-order valence-corrected chi connectivity index (χ3v) is 1.99. The molecule has 0 aromatic heterocycles. The molecule has 0 saturated carbocycles. The van der Waals surface area contributed by atoms with Gasteiger partial charge in [-0.15, -0.1) is 11.6 Å². The lowest BCUT2D eigenvalue weighted by Gasteiger charge is -2.11. The molecule has 1 heterocycles. The van der Waals surface area contributed by atoms with Gasteiger partial charge in [0.1, 0.15) is 0 Å². The lowest BCUT2D eigenvalue weighted by atomic mass is 10.1. The molecule has 0 amide bonds. The summed E-state index contributed by atoms with van der Waals surface area (Å²) in [7, 11) is 0. The van der Waals surface area contributed by atoms with Gasteiger partial charge in [-0.05, 0) is 5.92 Å². The van der Waals surface area contributed by atoms with Gasteiger partial charge in [0.2, 0.25) is 0 Å². The Morgan fingerprint density at radius 1 is 1.55 bits per heavy atom. The van der Waals surface area contributed by atoms with Crippen LogP contribution in [-0.4, -0.2) is 24.9 Å². The first-order chi connectivity index (χ1) is 5.22. The summed E-state index contributed by atoms with van der Waals surface area (Å²) in [6, 6.07) is 0. The summed E-state index contributed by atoms with van der Waals surface area (Å²) in [6.45, 7) is 4.96. The van der Waals surface area contributed by atoms with E-state index in [1.54, 1.807) is 0 Å². The molecule has 1 aliphatic heterocycles. The minimum absolute atomic E-state index is 0.0150. The van der Waals surface area contributed by atoms with E-state index in [1.165, 1.54) is 0 Å². The van der Waals surface area contributed by atoms with Crippen LogP contribution in [-0.2, 0) is 9.47 Å². The van der Waals surface area contributed by atoms with E-state index >= 15 is 0 Å². The van der Waals surface area contributed by atoms with Crippen molar-refractivity contribution in [3.05, 3.63) is 0 Å². The van der Waals surface area contributed by atoms with Crippen LogP contribution in [0.1, 0.15) is 20.3 Å². The van der Waals surface area contributed by atoms with Crippen molar-refractivity contribution < 1.29 is 9.47 Å². The van der Waals surface area contributed by atoms with Crippen LogP contribution in [0, 0.1) is 5.92 Å². The average Bonchev–Trinajstić information content (AvgIpc) is 2.34. The van der Waals surface area contributed by atoms with E-state index in [0.717, 1.165) is 6.42 Å². The van der Waals surface area contributed by atoms with Gasteiger partial charge in [-0.1, -0.05) is 13.8 Å². The molecule has 0 aromatic carbocycles. The van der Waals surface area contributed by atoms with Crippen LogP contribution in [0.5, 0.6) is 0 Å². The number of hydrogen-bond donors (Lipinski definition) is 0. The predicted octanol–water partition coefficient (Wildman–Crippen LogP) is 2.01. The second-order valence-electron chi connectivity index (χ2n) is 3.30. The molecule has 0 bridgehead atoms. The minimum Gasteiger partial charge on any atom is -0.350 e. The minimum atomic E-state index is -0.0150. The van der Waals surface area contributed by atoms with E-state index in [0.29, 0.717) is 18.4 Å². The summed E-state index contributed by atoms with van der Waals surface area (Å²) in [5, 5.41) is 0. The highest BCUT2D eigenvalue weighted by molar-refractivity contribution is 6.18. The van der Waals surface area contributed by atoms with E-state index in [1.807, 2.05) is 0 Å². The van der Waals surface area contributed by atoms with Crippen LogP contribution < -0.4 is 0 Å². The molecular weight excluding hydrogens is 164 g/mol. The number of rotatable bonds is 3. The van der Waals surface area contributed by atoms with Crippen molar-refractivity contribution in [3.8, 4) is 0 Å². The van der Waals surface area contributed by atoms with Gasteiger partial charge in [0.15, 0.2) is 6.29 Å². The first-order valence-electron chi connectivity index (χ1n) is 4.05. The maximum absolute atomic E-state index is 5.60. The molecule has 1 rings (SSSR count). The second-order valence-corrected chi connectivity index (χ2v) is 3.61. The van der Waals surface area contributed by atoms with Crippen molar-refractivity contribution >= 4 is 11.6 Å². The van der Waals surface area contributed by atoms with Crippen LogP contribution in [0.4, 0.5) is 0 Å². The molecule has 0 aliphatic carbocycles. The summed E-state index contributed by atoms with van der Waals surface area (Å²) >= 11 is 5.60. The SMILES string of the molecule is CC(C)CC1OCC(CCl)O1. The first kappa shape index (κ1) is 9.30. The molecule has 3 heteroatoms. The number of alkyl halides is 1. The third kappa shape index (κ3) is 2.97. The summed E-state index contributed by atoms with van der Waals surface area (Å²) in [4.78, 5) is 0. The maximum atomic E-state index is 5.60. The largest absolute Gasteiger partial charge is 0.350 e. The van der Waals surface area contributed by atoms with Gasteiger partial charge in [-0.3, -0.25) is 0 Å². The summed E-state index contributed by atoms with van der Waals surface area (Å²) < 4.78 is 10.8. The van der Waals surface area contributed by atoms with Gasteiger partial charge < -0.3 is 9.47 Å². The van der Waals surface area contributed by atoms with Crippen LogP contribution in [0.2, 0.25) is 0 Å². The molecule has 0 N–H and O–H groups in total. The van der Waals surface area contributed by atoms with Crippen LogP contribution in [0.15, 0.2) is 0 Å². The Morgan fingerprint density at radius 2 is 2.27 bits per heavy atom. The fourth-order valence-corrected chi connectivity index (χ4v) is 1.26. The Hall–Kier alpha value is 0.210. The summed E-state index contributed by atoms with van der Waals surface area (Å²) in [5.74, 6) is 1.16. The Bertz CT molecular complexity index is 117. The van der Waals surface area contributed by atoms with Crippen molar-refractivity contribution in [2.24, 2.45) is 5.92 Å². The van der Waals surface area contributed by atoms with Crippen LogP contribution in [0.3, 0.4) is 0 Å². The molecule has 2 nitrogen and oxygen atoms in total. The molecule has 66 valence electrons. The van der Waals surface area contributed by atoms with E-state index in [9.17, 15) is 0 Å². The van der Waals surface area contributed by atoms with Gasteiger partial charge in [-0.25, -0.2) is 0 Å². The molecule has 1 fully saturated rings. The molecule has 2 atom stereocenters. The predicted molar refractivity (Wildman–Crippen MR) is 44.8 cm³/mol. The van der Waals surface area contributed by atoms with Crippen molar-refractivity contribution in [1.82, 2.24) is 0 Å². The number of ether oxygens (including phenoxy) is 2. The number of hydrogen-bond acceptors (Lipinski definition) is 2. The number of halogens is 1. The van der Waals surface area contributed by atoms with Crippen molar-refractivity contribution in [1.29, 1.82) is 0 Å². The Morgan fingerprint density at radius 3 is 2.73 bits per heavy atom. The van der Waals surface area contributed by atoms with Gasteiger partial charge in [0.25, 0.3) is 0 Å². The standard InChI is InChI=1S/C8H15ClO2/c1-6(2)3-8-10-5-7(4-9)11-8/h6-8H,3-5H2,1-2H3. The van der Waals surface area contributed by atoms with E-state index < -0.39 is 0 Å². The lowest BCUT2D eigenvalue weighted by molar-refractivity contribution is -0.0657. The van der Waals surface area contributed by atoms with Crippen LogP contribution in [0.25, 0.3) is 0 Å². The molecule has 0 radical (unpaired) electrons. The zero-order chi connectivity index (χ0) is 8.27. The maximum Gasteiger partial charge on any atom is 0.158 e. The fourth-order valence-electron chi connectivity index (χ4n) is 1.10. The molecule has 11 heavy (non-hydrogen) atoms. The van der Waals surface area contributed by atoms with Gasteiger partial charge in [0.05, 0.1) is 18.6 Å². The molecule has 1 aliphatic rings. The average molecular weight is 179 g/mol. The van der Waals surface area contributed by atoms with Gasteiger partial charge in [-0.2, -0.15) is 0 Å². The molecule has 0 spiro atoms. The lowest BCUT2D eigenvalue weighted by Crippen LogP contribution is -2.15. The monoisotopic (exact) mass is 178 g/mol. The first-order valence-corrected chi connectivity index (χ1v) is 4.59. The Labute approximate surface area is 72.8 Å². The normalized spacial score (nSPS) is 31.6.